The molecule has 1 rings (SSSR count). The van der Waals surface area contributed by atoms with Crippen molar-refractivity contribution in [3.05, 3.63) is 21.6 Å². The summed E-state index contributed by atoms with van der Waals surface area (Å²) < 4.78 is 0. The van der Waals surface area contributed by atoms with Crippen LogP contribution < -0.4 is 5.32 Å². The Bertz CT molecular complexity index is 384. The highest BCUT2D eigenvalue weighted by Gasteiger charge is 2.18. The Morgan fingerprint density at radius 2 is 2.44 bits per heavy atom. The zero-order chi connectivity index (χ0) is 12.1. The maximum Gasteiger partial charge on any atom is 0.329 e. The van der Waals surface area contributed by atoms with Gasteiger partial charge in [0.2, 0.25) is 11.1 Å². The van der Waals surface area contributed by atoms with Crippen molar-refractivity contribution >= 4 is 23.1 Å². The Labute approximate surface area is 96.6 Å². The minimum atomic E-state index is -0.608. The predicted octanol–water partition coefficient (Wildman–Crippen LogP) is 1.22. The maximum atomic E-state index is 10.7. The number of aromatic nitrogens is 2. The van der Waals surface area contributed by atoms with Crippen LogP contribution in [-0.4, -0.2) is 32.6 Å². The highest BCUT2D eigenvalue weighted by molar-refractivity contribution is 6.28. The molecule has 0 radical (unpaired) electrons. The molecule has 7 nitrogen and oxygen atoms in total. The SMILES string of the molecule is CCC(CO)Nc1nc(Cl)ncc1[N+](=O)[O-]. The molecule has 0 amide bonds. The summed E-state index contributed by atoms with van der Waals surface area (Å²) in [5.74, 6) is 0.0194. The topological polar surface area (TPSA) is 101 Å². The molecule has 1 atom stereocenters. The van der Waals surface area contributed by atoms with Crippen molar-refractivity contribution < 1.29 is 10.0 Å². The number of hydrogen-bond acceptors (Lipinski definition) is 6. The summed E-state index contributed by atoms with van der Waals surface area (Å²) in [4.78, 5) is 17.3. The van der Waals surface area contributed by atoms with Gasteiger partial charge in [-0.1, -0.05) is 6.92 Å². The molecule has 0 saturated heterocycles. The second kappa shape index (κ2) is 5.57. The molecule has 0 spiro atoms. The number of anilines is 1. The first-order valence-corrected chi connectivity index (χ1v) is 5.00. The first-order valence-electron chi connectivity index (χ1n) is 4.62. The molecule has 0 fully saturated rings. The van der Waals surface area contributed by atoms with E-state index >= 15 is 0 Å². The van der Waals surface area contributed by atoms with E-state index in [0.717, 1.165) is 6.20 Å². The van der Waals surface area contributed by atoms with E-state index in [2.05, 4.69) is 15.3 Å². The number of aliphatic hydroxyl groups excluding tert-OH is 1. The number of nitrogens with one attached hydrogen (secondary N) is 1. The number of nitrogens with zero attached hydrogens (tertiary/aromatic N) is 3. The van der Waals surface area contributed by atoms with E-state index in [1.54, 1.807) is 0 Å². The minimum absolute atomic E-state index is 0.0194. The van der Waals surface area contributed by atoms with E-state index in [-0.39, 0.29) is 29.4 Å². The molecule has 1 heterocycles. The van der Waals surface area contributed by atoms with Gasteiger partial charge in [-0.25, -0.2) is 4.98 Å². The molecule has 1 aromatic heterocycles. The first-order chi connectivity index (χ1) is 7.58. The normalized spacial score (nSPS) is 12.2. The average Bonchev–Trinajstić information content (AvgIpc) is 2.25. The van der Waals surface area contributed by atoms with E-state index in [0.29, 0.717) is 6.42 Å². The van der Waals surface area contributed by atoms with Crippen molar-refractivity contribution in [1.29, 1.82) is 0 Å². The molecule has 0 aliphatic carbocycles. The Kier molecular flexibility index (Phi) is 4.39. The summed E-state index contributed by atoms with van der Waals surface area (Å²) in [5.41, 5.74) is -0.267. The van der Waals surface area contributed by atoms with Crippen molar-refractivity contribution in [2.24, 2.45) is 0 Å². The van der Waals surface area contributed by atoms with E-state index < -0.39 is 4.92 Å². The van der Waals surface area contributed by atoms with Crippen molar-refractivity contribution in [2.45, 2.75) is 19.4 Å². The van der Waals surface area contributed by atoms with Gasteiger partial charge in [-0.2, -0.15) is 4.98 Å². The second-order valence-corrected chi connectivity index (χ2v) is 3.40. The van der Waals surface area contributed by atoms with Gasteiger partial charge in [0.05, 0.1) is 17.6 Å². The largest absolute Gasteiger partial charge is 0.394 e. The minimum Gasteiger partial charge on any atom is -0.394 e. The standard InChI is InChI=1S/C8H11ClN4O3/c1-2-5(4-14)11-7-6(13(15)16)3-10-8(9)12-7/h3,5,14H,2,4H2,1H3,(H,10,11,12). The Balaban J connectivity index is 3.00. The Morgan fingerprint density at radius 1 is 1.75 bits per heavy atom. The van der Waals surface area contributed by atoms with Crippen LogP contribution in [0, 0.1) is 10.1 Å². The van der Waals surface area contributed by atoms with Crippen LogP contribution in [0.25, 0.3) is 0 Å². The first kappa shape index (κ1) is 12.6. The van der Waals surface area contributed by atoms with Crippen molar-refractivity contribution in [3.63, 3.8) is 0 Å². The molecule has 2 N–H and O–H groups in total. The third-order valence-corrected chi connectivity index (χ3v) is 2.17. The number of aliphatic hydroxyl groups is 1. The van der Waals surface area contributed by atoms with Gasteiger partial charge in [0, 0.05) is 0 Å². The van der Waals surface area contributed by atoms with Crippen LogP contribution in [0.5, 0.6) is 0 Å². The van der Waals surface area contributed by atoms with E-state index in [9.17, 15) is 10.1 Å². The van der Waals surface area contributed by atoms with Crippen molar-refractivity contribution in [3.8, 4) is 0 Å². The number of nitro groups is 1. The Morgan fingerprint density at radius 3 is 2.94 bits per heavy atom. The summed E-state index contributed by atoms with van der Waals surface area (Å²) in [7, 11) is 0. The van der Waals surface area contributed by atoms with Gasteiger partial charge in [0.1, 0.15) is 6.20 Å². The molecule has 1 aromatic rings. The molecule has 0 aliphatic rings. The van der Waals surface area contributed by atoms with E-state index in [4.69, 9.17) is 16.7 Å². The third kappa shape index (κ3) is 3.01. The van der Waals surface area contributed by atoms with Gasteiger partial charge in [-0.3, -0.25) is 10.1 Å². The molecular weight excluding hydrogens is 236 g/mol. The van der Waals surface area contributed by atoms with Gasteiger partial charge in [0.25, 0.3) is 0 Å². The number of rotatable bonds is 5. The van der Waals surface area contributed by atoms with E-state index in [1.807, 2.05) is 6.92 Å². The van der Waals surface area contributed by atoms with Gasteiger partial charge in [0.15, 0.2) is 0 Å². The fourth-order valence-electron chi connectivity index (χ4n) is 1.06. The van der Waals surface area contributed by atoms with Crippen LogP contribution in [0.3, 0.4) is 0 Å². The van der Waals surface area contributed by atoms with Gasteiger partial charge in [-0.15, -0.1) is 0 Å². The lowest BCUT2D eigenvalue weighted by Crippen LogP contribution is -2.23. The fraction of sp³-hybridized carbons (Fsp3) is 0.500. The molecule has 88 valence electrons. The lowest BCUT2D eigenvalue weighted by molar-refractivity contribution is -0.384. The molecule has 0 bridgehead atoms. The zero-order valence-electron chi connectivity index (χ0n) is 8.55. The predicted molar refractivity (Wildman–Crippen MR) is 58.5 cm³/mol. The molecule has 16 heavy (non-hydrogen) atoms. The quantitative estimate of drug-likeness (QED) is 0.460. The van der Waals surface area contributed by atoms with E-state index in [1.165, 1.54) is 0 Å². The number of halogens is 1. The van der Waals surface area contributed by atoms with Crippen LogP contribution in [0.15, 0.2) is 6.20 Å². The fourth-order valence-corrected chi connectivity index (χ4v) is 1.20. The van der Waals surface area contributed by atoms with Gasteiger partial charge >= 0.3 is 5.69 Å². The number of hydrogen-bond donors (Lipinski definition) is 2. The van der Waals surface area contributed by atoms with Crippen LogP contribution in [-0.2, 0) is 0 Å². The molecule has 0 aromatic carbocycles. The monoisotopic (exact) mass is 246 g/mol. The molecular formula is C8H11ClN4O3. The van der Waals surface area contributed by atoms with Crippen molar-refractivity contribution in [1.82, 2.24) is 9.97 Å². The molecule has 1 unspecified atom stereocenters. The van der Waals surface area contributed by atoms with Crippen LogP contribution in [0.2, 0.25) is 5.28 Å². The van der Waals surface area contributed by atoms with Gasteiger partial charge in [-0.05, 0) is 18.0 Å². The smallest absolute Gasteiger partial charge is 0.329 e. The maximum absolute atomic E-state index is 10.7. The summed E-state index contributed by atoms with van der Waals surface area (Å²) in [6.07, 6.45) is 1.64. The highest BCUT2D eigenvalue weighted by Crippen LogP contribution is 2.22. The van der Waals surface area contributed by atoms with Gasteiger partial charge < -0.3 is 10.4 Å². The highest BCUT2D eigenvalue weighted by atomic mass is 35.5. The Hall–Kier alpha value is -1.47. The molecule has 8 heteroatoms. The summed E-state index contributed by atoms with van der Waals surface area (Å²) in [6.45, 7) is 1.69. The zero-order valence-corrected chi connectivity index (χ0v) is 9.31. The third-order valence-electron chi connectivity index (χ3n) is 1.99. The molecule has 0 aliphatic heterocycles. The average molecular weight is 247 g/mol. The molecule has 0 saturated carbocycles. The van der Waals surface area contributed by atoms with Crippen LogP contribution in [0.4, 0.5) is 11.5 Å². The van der Waals surface area contributed by atoms with Crippen LogP contribution in [0.1, 0.15) is 13.3 Å². The summed E-state index contributed by atoms with van der Waals surface area (Å²) in [5, 5.41) is 22.3. The lowest BCUT2D eigenvalue weighted by atomic mass is 10.2. The lowest BCUT2D eigenvalue weighted by Gasteiger charge is -2.14. The second-order valence-electron chi connectivity index (χ2n) is 3.06. The summed E-state index contributed by atoms with van der Waals surface area (Å²) in [6, 6.07) is -0.301. The van der Waals surface area contributed by atoms with Crippen molar-refractivity contribution in [2.75, 3.05) is 11.9 Å². The van der Waals surface area contributed by atoms with Crippen LogP contribution >= 0.6 is 11.6 Å². The summed E-state index contributed by atoms with van der Waals surface area (Å²) >= 11 is 5.54.